The van der Waals surface area contributed by atoms with Crippen molar-refractivity contribution >= 4 is 16.1 Å². The van der Waals surface area contributed by atoms with Gasteiger partial charge in [-0.25, -0.2) is 4.18 Å². The Hall–Kier alpha value is -1.79. The van der Waals surface area contributed by atoms with E-state index in [-0.39, 0.29) is 29.9 Å². The lowest BCUT2D eigenvalue weighted by atomic mass is 9.84. The van der Waals surface area contributed by atoms with Gasteiger partial charge in [-0.1, -0.05) is 13.8 Å². The van der Waals surface area contributed by atoms with Crippen LogP contribution in [0.2, 0.25) is 0 Å². The fourth-order valence-corrected chi connectivity index (χ4v) is 3.61. The number of benzene rings is 1. The van der Waals surface area contributed by atoms with Gasteiger partial charge in [-0.15, -0.1) is 0 Å². The van der Waals surface area contributed by atoms with Crippen LogP contribution in [0.4, 0.5) is 5.69 Å². The lowest BCUT2D eigenvalue weighted by Crippen LogP contribution is -2.53. The molecule has 26 heavy (non-hydrogen) atoms. The van der Waals surface area contributed by atoms with Crippen LogP contribution in [0.5, 0.6) is 5.75 Å². The van der Waals surface area contributed by atoms with Gasteiger partial charge in [0.15, 0.2) is 6.29 Å². The van der Waals surface area contributed by atoms with Gasteiger partial charge in [0.05, 0.1) is 17.6 Å². The Bertz CT molecular complexity index is 719. The van der Waals surface area contributed by atoms with Gasteiger partial charge >= 0.3 is 10.4 Å². The third kappa shape index (κ3) is 4.68. The van der Waals surface area contributed by atoms with E-state index in [4.69, 9.17) is 17.8 Å². The van der Waals surface area contributed by atoms with Gasteiger partial charge in [-0.3, -0.25) is 10.1 Å². The molecule has 2 rings (SSSR count). The van der Waals surface area contributed by atoms with Crippen molar-refractivity contribution in [2.75, 3.05) is 13.7 Å². The van der Waals surface area contributed by atoms with E-state index in [1.54, 1.807) is 13.8 Å². The molecule has 1 fully saturated rings. The molecule has 1 heterocycles. The van der Waals surface area contributed by atoms with E-state index in [1.165, 1.54) is 7.11 Å². The van der Waals surface area contributed by atoms with E-state index >= 15 is 0 Å². The molecular weight excluding hydrogens is 370 g/mol. The SMILES string of the molecule is CO[C@H]1OC(CO)[C@@H](C)[C@H](C)C1OS(=O)(=O)Oc1ccc([N+](=O)[O-])cc1. The third-order valence-electron chi connectivity index (χ3n) is 4.40. The first-order valence-electron chi connectivity index (χ1n) is 7.84. The Balaban J connectivity index is 2.12. The molecule has 0 aliphatic carbocycles. The Morgan fingerprint density at radius 2 is 1.85 bits per heavy atom. The number of nitro benzene ring substituents is 1. The number of methoxy groups -OCH3 is 1. The molecule has 5 atom stereocenters. The van der Waals surface area contributed by atoms with Crippen LogP contribution in [0.25, 0.3) is 0 Å². The van der Waals surface area contributed by atoms with E-state index in [0.29, 0.717) is 0 Å². The molecule has 1 saturated heterocycles. The molecule has 11 heteroatoms. The highest BCUT2D eigenvalue weighted by Crippen LogP contribution is 2.34. The summed E-state index contributed by atoms with van der Waals surface area (Å²) >= 11 is 0. The average Bonchev–Trinajstić information content (AvgIpc) is 2.59. The van der Waals surface area contributed by atoms with Crippen molar-refractivity contribution in [2.24, 2.45) is 11.8 Å². The van der Waals surface area contributed by atoms with Crippen molar-refractivity contribution in [3.63, 3.8) is 0 Å². The first-order valence-corrected chi connectivity index (χ1v) is 9.18. The van der Waals surface area contributed by atoms with Crippen LogP contribution in [0, 0.1) is 22.0 Å². The van der Waals surface area contributed by atoms with Gasteiger partial charge in [0, 0.05) is 19.2 Å². The van der Waals surface area contributed by atoms with Crippen molar-refractivity contribution in [3.05, 3.63) is 34.4 Å². The monoisotopic (exact) mass is 391 g/mol. The van der Waals surface area contributed by atoms with E-state index in [1.807, 2.05) is 0 Å². The van der Waals surface area contributed by atoms with E-state index in [2.05, 4.69) is 0 Å². The highest BCUT2D eigenvalue weighted by Gasteiger charge is 2.44. The number of rotatable bonds is 7. The summed E-state index contributed by atoms with van der Waals surface area (Å²) in [4.78, 5) is 10.0. The number of hydrogen-bond donors (Lipinski definition) is 1. The highest BCUT2D eigenvalue weighted by atomic mass is 32.3. The average molecular weight is 391 g/mol. The number of nitrogens with zero attached hydrogens (tertiary/aromatic N) is 1. The molecule has 0 aromatic heterocycles. The van der Waals surface area contributed by atoms with Crippen LogP contribution in [0.1, 0.15) is 13.8 Å². The third-order valence-corrected chi connectivity index (χ3v) is 5.25. The summed E-state index contributed by atoms with van der Waals surface area (Å²) in [5.41, 5.74) is -0.201. The summed E-state index contributed by atoms with van der Waals surface area (Å²) in [6.45, 7) is 3.33. The lowest BCUT2D eigenvalue weighted by Gasteiger charge is -2.42. The second kappa shape index (κ2) is 8.27. The van der Waals surface area contributed by atoms with Crippen molar-refractivity contribution in [1.82, 2.24) is 0 Å². The molecule has 2 unspecified atom stereocenters. The summed E-state index contributed by atoms with van der Waals surface area (Å²) in [7, 11) is -3.15. The van der Waals surface area contributed by atoms with Gasteiger partial charge in [-0.2, -0.15) is 8.42 Å². The van der Waals surface area contributed by atoms with Crippen molar-refractivity contribution < 1.29 is 36.3 Å². The predicted octanol–water partition coefficient (Wildman–Crippen LogP) is 1.24. The normalized spacial score (nSPS) is 29.3. The van der Waals surface area contributed by atoms with Crippen LogP contribution in [0.15, 0.2) is 24.3 Å². The van der Waals surface area contributed by atoms with Gasteiger partial charge in [-0.05, 0) is 24.0 Å². The Kier molecular flexibility index (Phi) is 6.53. The van der Waals surface area contributed by atoms with Crippen LogP contribution in [0.3, 0.4) is 0 Å². The molecule has 0 radical (unpaired) electrons. The molecular formula is C15H21NO9S. The largest absolute Gasteiger partial charge is 0.449 e. The maximum Gasteiger partial charge on any atom is 0.449 e. The number of nitro groups is 1. The maximum atomic E-state index is 12.2. The predicted molar refractivity (Wildman–Crippen MR) is 88.6 cm³/mol. The minimum Gasteiger partial charge on any atom is -0.394 e. The first-order chi connectivity index (χ1) is 12.2. The van der Waals surface area contributed by atoms with Crippen molar-refractivity contribution in [2.45, 2.75) is 32.3 Å². The molecule has 0 spiro atoms. The first kappa shape index (κ1) is 20.5. The molecule has 1 aliphatic heterocycles. The molecule has 0 amide bonds. The highest BCUT2D eigenvalue weighted by molar-refractivity contribution is 7.82. The second-order valence-electron chi connectivity index (χ2n) is 5.98. The van der Waals surface area contributed by atoms with Crippen molar-refractivity contribution in [1.29, 1.82) is 0 Å². The van der Waals surface area contributed by atoms with Crippen molar-refractivity contribution in [3.8, 4) is 5.75 Å². The zero-order valence-electron chi connectivity index (χ0n) is 14.5. The minimum absolute atomic E-state index is 0.129. The van der Waals surface area contributed by atoms with Crippen LogP contribution in [-0.2, 0) is 24.1 Å². The fraction of sp³-hybridized carbons (Fsp3) is 0.600. The van der Waals surface area contributed by atoms with Gasteiger partial charge in [0.2, 0.25) is 0 Å². The van der Waals surface area contributed by atoms with E-state index < -0.39 is 33.8 Å². The summed E-state index contributed by atoms with van der Waals surface area (Å²) in [6, 6.07) is 4.53. The maximum absolute atomic E-state index is 12.2. The number of non-ortho nitro benzene ring substituents is 1. The smallest absolute Gasteiger partial charge is 0.394 e. The lowest BCUT2D eigenvalue weighted by molar-refractivity contribution is -0.384. The second-order valence-corrected chi connectivity index (χ2v) is 7.16. The molecule has 0 saturated carbocycles. The minimum atomic E-state index is -4.48. The quantitative estimate of drug-likeness (QED) is 0.538. The Morgan fingerprint density at radius 1 is 1.23 bits per heavy atom. The van der Waals surface area contributed by atoms with Crippen LogP contribution in [-0.4, -0.2) is 50.7 Å². The summed E-state index contributed by atoms with van der Waals surface area (Å²) in [6.07, 6.45) is -2.50. The standard InChI is InChI=1S/C15H21NO9S/c1-9-10(2)14(15(22-3)23-13(9)8-17)25-26(20,21)24-12-6-4-11(5-7-12)16(18)19/h4-7,9-10,13-15,17H,8H2,1-3H3/t9-,10-,13?,14?,15-/m0/s1. The number of aliphatic hydroxyl groups is 1. The molecule has 1 aromatic rings. The zero-order chi connectivity index (χ0) is 19.5. The Labute approximate surface area is 151 Å². The summed E-state index contributed by atoms with van der Waals surface area (Å²) < 4.78 is 45.1. The molecule has 0 bridgehead atoms. The van der Waals surface area contributed by atoms with Gasteiger partial charge in [0.25, 0.3) is 5.69 Å². The molecule has 146 valence electrons. The van der Waals surface area contributed by atoms with Gasteiger partial charge < -0.3 is 18.8 Å². The zero-order valence-corrected chi connectivity index (χ0v) is 15.3. The topological polar surface area (TPSA) is 134 Å². The molecule has 1 aromatic carbocycles. The van der Waals surface area contributed by atoms with E-state index in [9.17, 15) is 23.6 Å². The van der Waals surface area contributed by atoms with Crippen LogP contribution < -0.4 is 4.18 Å². The Morgan fingerprint density at radius 3 is 2.35 bits per heavy atom. The van der Waals surface area contributed by atoms with Gasteiger partial charge in [0.1, 0.15) is 11.9 Å². The summed E-state index contributed by atoms with van der Waals surface area (Å²) in [5, 5.41) is 20.0. The summed E-state index contributed by atoms with van der Waals surface area (Å²) in [5.74, 6) is -0.637. The molecule has 1 N–H and O–H groups in total. The molecule has 10 nitrogen and oxygen atoms in total. The number of hydrogen-bond acceptors (Lipinski definition) is 9. The van der Waals surface area contributed by atoms with E-state index in [0.717, 1.165) is 24.3 Å². The molecule has 1 aliphatic rings. The number of aliphatic hydroxyl groups excluding tert-OH is 1. The van der Waals surface area contributed by atoms with Crippen LogP contribution >= 0.6 is 0 Å². The fourth-order valence-electron chi connectivity index (χ4n) is 2.69. The number of ether oxygens (including phenoxy) is 2.